The van der Waals surface area contributed by atoms with Crippen molar-refractivity contribution < 1.29 is 4.74 Å². The van der Waals surface area contributed by atoms with E-state index in [0.717, 1.165) is 37.9 Å². The second-order valence-electron chi connectivity index (χ2n) is 3.57. The maximum Gasteiger partial charge on any atom is 0.129 e. The lowest BCUT2D eigenvalue weighted by Gasteiger charge is -2.23. The Bertz CT molecular complexity index is 312. The van der Waals surface area contributed by atoms with E-state index >= 15 is 0 Å². The third-order valence-corrected chi connectivity index (χ3v) is 2.29. The van der Waals surface area contributed by atoms with Crippen molar-refractivity contribution in [1.29, 1.82) is 0 Å². The number of nitrogens with one attached hydrogen (secondary N) is 2. The molecule has 1 aliphatic heterocycles. The second-order valence-corrected chi connectivity index (χ2v) is 3.57. The highest BCUT2D eigenvalue weighted by Gasteiger charge is 2.12. The Morgan fingerprint density at radius 2 is 2.60 bits per heavy atom. The lowest BCUT2D eigenvalue weighted by molar-refractivity contribution is 0.0372. The normalized spacial score (nSPS) is 21.3. The fourth-order valence-electron chi connectivity index (χ4n) is 1.52. The van der Waals surface area contributed by atoms with Crippen LogP contribution in [0.4, 0.5) is 5.82 Å². The van der Waals surface area contributed by atoms with Gasteiger partial charge in [0.25, 0.3) is 0 Å². The maximum absolute atomic E-state index is 5.56. The van der Waals surface area contributed by atoms with E-state index in [4.69, 9.17) is 4.74 Å². The first-order chi connectivity index (χ1) is 7.34. The first kappa shape index (κ1) is 10.3. The van der Waals surface area contributed by atoms with Gasteiger partial charge in [-0.3, -0.25) is 0 Å². The summed E-state index contributed by atoms with van der Waals surface area (Å²) in [5.41, 5.74) is 0. The van der Waals surface area contributed by atoms with Gasteiger partial charge in [-0.2, -0.15) is 0 Å². The van der Waals surface area contributed by atoms with Crippen molar-refractivity contribution in [3.05, 3.63) is 18.1 Å². The number of morpholine rings is 1. The van der Waals surface area contributed by atoms with E-state index in [1.54, 1.807) is 6.20 Å². The second kappa shape index (κ2) is 5.04. The van der Waals surface area contributed by atoms with Crippen molar-refractivity contribution >= 4 is 5.82 Å². The van der Waals surface area contributed by atoms with Crippen LogP contribution in [0.1, 0.15) is 5.82 Å². The van der Waals surface area contributed by atoms with E-state index in [2.05, 4.69) is 20.6 Å². The Hall–Kier alpha value is -1.20. The van der Waals surface area contributed by atoms with Crippen LogP contribution in [-0.4, -0.2) is 42.3 Å². The molecule has 1 fully saturated rings. The van der Waals surface area contributed by atoms with Gasteiger partial charge in [0.15, 0.2) is 0 Å². The van der Waals surface area contributed by atoms with Gasteiger partial charge in [-0.1, -0.05) is 0 Å². The molecule has 1 saturated heterocycles. The molecule has 1 atom stereocenters. The fourth-order valence-corrected chi connectivity index (χ4v) is 1.52. The molecule has 5 nitrogen and oxygen atoms in total. The number of nitrogens with zero attached hydrogens (tertiary/aromatic N) is 2. The van der Waals surface area contributed by atoms with Crippen LogP contribution in [-0.2, 0) is 4.74 Å². The predicted octanol–water partition coefficient (Wildman–Crippen LogP) is 0.185. The van der Waals surface area contributed by atoms with Crippen LogP contribution >= 0.6 is 0 Å². The van der Waals surface area contributed by atoms with Crippen molar-refractivity contribution in [2.45, 2.75) is 13.0 Å². The Balaban J connectivity index is 1.81. The van der Waals surface area contributed by atoms with Crippen LogP contribution in [0.3, 0.4) is 0 Å². The van der Waals surface area contributed by atoms with Gasteiger partial charge in [0.1, 0.15) is 11.6 Å². The molecule has 0 radical (unpaired) electrons. The minimum atomic E-state index is 0.231. The van der Waals surface area contributed by atoms with Crippen LogP contribution < -0.4 is 10.6 Å². The van der Waals surface area contributed by atoms with Gasteiger partial charge in [-0.15, -0.1) is 0 Å². The van der Waals surface area contributed by atoms with Gasteiger partial charge >= 0.3 is 0 Å². The molecule has 2 N–H and O–H groups in total. The van der Waals surface area contributed by atoms with Crippen molar-refractivity contribution in [2.75, 3.05) is 31.6 Å². The Labute approximate surface area is 89.3 Å². The molecule has 2 heterocycles. The minimum Gasteiger partial charge on any atom is -0.374 e. The van der Waals surface area contributed by atoms with Crippen LogP contribution in [0, 0.1) is 6.92 Å². The Kier molecular flexibility index (Phi) is 3.47. The molecule has 0 aromatic carbocycles. The van der Waals surface area contributed by atoms with Gasteiger partial charge < -0.3 is 15.4 Å². The Morgan fingerprint density at radius 1 is 1.67 bits per heavy atom. The van der Waals surface area contributed by atoms with Gasteiger partial charge in [0, 0.05) is 25.8 Å². The van der Waals surface area contributed by atoms with Crippen LogP contribution in [0.15, 0.2) is 12.3 Å². The standard InChI is InChI=1S/C10H16N4O/c1-8-12-3-2-10(14-8)13-7-9-6-11-4-5-15-9/h2-3,9,11H,4-7H2,1H3,(H,12,13,14). The summed E-state index contributed by atoms with van der Waals surface area (Å²) in [6.07, 6.45) is 1.99. The van der Waals surface area contributed by atoms with E-state index in [1.165, 1.54) is 0 Å². The number of hydrogen-bond donors (Lipinski definition) is 2. The molecule has 1 aliphatic rings. The molecular formula is C10H16N4O. The first-order valence-corrected chi connectivity index (χ1v) is 5.20. The number of aryl methyl sites for hydroxylation is 1. The fraction of sp³-hybridized carbons (Fsp3) is 0.600. The first-order valence-electron chi connectivity index (χ1n) is 5.20. The van der Waals surface area contributed by atoms with Crippen molar-refractivity contribution in [3.8, 4) is 0 Å². The van der Waals surface area contributed by atoms with Crippen molar-refractivity contribution in [3.63, 3.8) is 0 Å². The zero-order chi connectivity index (χ0) is 10.5. The number of anilines is 1. The molecule has 0 spiro atoms. The molecule has 15 heavy (non-hydrogen) atoms. The number of rotatable bonds is 3. The average Bonchev–Trinajstić information content (AvgIpc) is 2.28. The molecule has 0 amide bonds. The van der Waals surface area contributed by atoms with Crippen molar-refractivity contribution in [2.24, 2.45) is 0 Å². The summed E-state index contributed by atoms with van der Waals surface area (Å²) in [4.78, 5) is 8.30. The van der Waals surface area contributed by atoms with Gasteiger partial charge in [0.2, 0.25) is 0 Å². The highest BCUT2D eigenvalue weighted by atomic mass is 16.5. The zero-order valence-electron chi connectivity index (χ0n) is 8.86. The molecule has 0 bridgehead atoms. The van der Waals surface area contributed by atoms with Crippen LogP contribution in [0.2, 0.25) is 0 Å². The SMILES string of the molecule is Cc1nccc(NCC2CNCCO2)n1. The smallest absolute Gasteiger partial charge is 0.129 e. The summed E-state index contributed by atoms with van der Waals surface area (Å²) in [5.74, 6) is 1.64. The van der Waals surface area contributed by atoms with E-state index < -0.39 is 0 Å². The lowest BCUT2D eigenvalue weighted by Crippen LogP contribution is -2.42. The monoisotopic (exact) mass is 208 g/mol. The summed E-state index contributed by atoms with van der Waals surface area (Å²) in [6.45, 7) is 5.29. The summed E-state index contributed by atoms with van der Waals surface area (Å²) in [7, 11) is 0. The van der Waals surface area contributed by atoms with E-state index in [9.17, 15) is 0 Å². The third-order valence-electron chi connectivity index (χ3n) is 2.29. The Morgan fingerprint density at radius 3 is 3.33 bits per heavy atom. The molecule has 0 saturated carbocycles. The highest BCUT2D eigenvalue weighted by Crippen LogP contribution is 2.03. The maximum atomic E-state index is 5.56. The van der Waals surface area contributed by atoms with Gasteiger partial charge in [-0.05, 0) is 13.0 Å². The molecular weight excluding hydrogens is 192 g/mol. The minimum absolute atomic E-state index is 0.231. The zero-order valence-corrected chi connectivity index (χ0v) is 8.86. The van der Waals surface area contributed by atoms with Gasteiger partial charge in [0.05, 0.1) is 12.7 Å². The molecule has 82 valence electrons. The van der Waals surface area contributed by atoms with E-state index in [1.807, 2.05) is 13.0 Å². The lowest BCUT2D eigenvalue weighted by atomic mass is 10.3. The average molecular weight is 208 g/mol. The third kappa shape index (κ3) is 3.14. The summed E-state index contributed by atoms with van der Waals surface area (Å²) in [5, 5.41) is 6.52. The van der Waals surface area contributed by atoms with Crippen LogP contribution in [0.25, 0.3) is 0 Å². The summed E-state index contributed by atoms with van der Waals surface area (Å²) < 4.78 is 5.56. The van der Waals surface area contributed by atoms with Crippen molar-refractivity contribution in [1.82, 2.24) is 15.3 Å². The largest absolute Gasteiger partial charge is 0.374 e. The quantitative estimate of drug-likeness (QED) is 0.742. The number of aromatic nitrogens is 2. The number of ether oxygens (including phenoxy) is 1. The predicted molar refractivity (Wildman–Crippen MR) is 57.9 cm³/mol. The molecule has 1 aromatic rings. The molecule has 1 aromatic heterocycles. The topological polar surface area (TPSA) is 59.1 Å². The van der Waals surface area contributed by atoms with E-state index in [-0.39, 0.29) is 6.10 Å². The molecule has 0 aliphatic carbocycles. The summed E-state index contributed by atoms with van der Waals surface area (Å²) in [6, 6.07) is 1.86. The molecule has 5 heteroatoms. The van der Waals surface area contributed by atoms with Crippen LogP contribution in [0.5, 0.6) is 0 Å². The molecule has 1 unspecified atom stereocenters. The number of hydrogen-bond acceptors (Lipinski definition) is 5. The molecule has 2 rings (SSSR count). The summed E-state index contributed by atoms with van der Waals surface area (Å²) >= 11 is 0. The van der Waals surface area contributed by atoms with Gasteiger partial charge in [-0.25, -0.2) is 9.97 Å². The van der Waals surface area contributed by atoms with E-state index in [0.29, 0.717) is 0 Å². The highest BCUT2D eigenvalue weighted by molar-refractivity contribution is 5.32.